The molecule has 0 fully saturated rings. The van der Waals surface area contributed by atoms with Gasteiger partial charge in [0.25, 0.3) is 0 Å². The maximum atomic E-state index is 12.6. The van der Waals surface area contributed by atoms with Crippen LogP contribution in [-0.4, -0.2) is 12.6 Å². The summed E-state index contributed by atoms with van der Waals surface area (Å²) in [5, 5.41) is 0.479. The van der Waals surface area contributed by atoms with Crippen LogP contribution in [0.4, 0.5) is 0 Å². The first-order valence-electron chi connectivity index (χ1n) is 7.43. The quantitative estimate of drug-likeness (QED) is 0.350. The molecule has 0 aliphatic heterocycles. The Bertz CT molecular complexity index is 686. The molecule has 0 aromatic heterocycles. The molecule has 0 saturated heterocycles. The van der Waals surface area contributed by atoms with Crippen LogP contribution in [-0.2, 0) is 0 Å². The van der Waals surface area contributed by atoms with Gasteiger partial charge in [-0.05, 0) is 53.0 Å². The van der Waals surface area contributed by atoms with Crippen LogP contribution >= 0.6 is 27.5 Å². The van der Waals surface area contributed by atoms with Crippen LogP contribution in [0.5, 0.6) is 11.5 Å². The van der Waals surface area contributed by atoms with E-state index in [1.54, 1.807) is 25.1 Å². The second-order valence-corrected chi connectivity index (χ2v) is 6.31. The van der Waals surface area contributed by atoms with E-state index in [9.17, 15) is 4.79 Å². The summed E-state index contributed by atoms with van der Waals surface area (Å²) in [5.74, 6) is 0.484. The van der Waals surface area contributed by atoms with Gasteiger partial charge in [0.1, 0.15) is 17.1 Å². The molecule has 0 atom stereocenters. The lowest BCUT2D eigenvalue weighted by atomic mass is 10.1. The molecule has 0 N–H and O–H groups in total. The molecule has 2 aromatic carbocycles. The highest BCUT2D eigenvalue weighted by Gasteiger charge is 2.22. The number of rotatable bonds is 6. The van der Waals surface area contributed by atoms with E-state index in [1.165, 1.54) is 0 Å². The third-order valence-corrected chi connectivity index (χ3v) is 4.67. The highest BCUT2D eigenvalue weighted by molar-refractivity contribution is 9.10. The number of hydrogen-bond acceptors (Lipinski definition) is 3. The van der Waals surface area contributed by atoms with E-state index in [2.05, 4.69) is 22.9 Å². The van der Waals surface area contributed by atoms with E-state index in [4.69, 9.17) is 21.1 Å². The third kappa shape index (κ3) is 4.49. The molecule has 5 heteroatoms. The van der Waals surface area contributed by atoms with Crippen molar-refractivity contribution in [1.82, 2.24) is 0 Å². The van der Waals surface area contributed by atoms with Crippen LogP contribution in [0, 0.1) is 6.92 Å². The van der Waals surface area contributed by atoms with Crippen LogP contribution in [0.3, 0.4) is 0 Å². The first-order valence-corrected chi connectivity index (χ1v) is 8.60. The Kier molecular flexibility index (Phi) is 6.48. The van der Waals surface area contributed by atoms with E-state index in [0.29, 0.717) is 38.7 Å². The molecule has 0 saturated carbocycles. The number of esters is 1. The fraction of sp³-hybridized carbons (Fsp3) is 0.278. The summed E-state index contributed by atoms with van der Waals surface area (Å²) in [5.41, 5.74) is 0.992. The van der Waals surface area contributed by atoms with Gasteiger partial charge < -0.3 is 9.47 Å². The summed E-state index contributed by atoms with van der Waals surface area (Å²) in [6.07, 6.45) is 1.92. The van der Waals surface area contributed by atoms with Crippen LogP contribution < -0.4 is 9.47 Å². The molecule has 0 aliphatic carbocycles. The number of para-hydroxylation sites is 1. The molecule has 0 unspecified atom stereocenters. The van der Waals surface area contributed by atoms with Gasteiger partial charge in [-0.3, -0.25) is 0 Å². The molecule has 3 nitrogen and oxygen atoms in total. The average molecular weight is 398 g/mol. The Morgan fingerprint density at radius 1 is 1.26 bits per heavy atom. The number of unbranched alkanes of at least 4 members (excludes halogenated alkanes) is 1. The van der Waals surface area contributed by atoms with Crippen molar-refractivity contribution >= 4 is 33.5 Å². The van der Waals surface area contributed by atoms with Gasteiger partial charge in [0.05, 0.1) is 11.6 Å². The highest BCUT2D eigenvalue weighted by Crippen LogP contribution is 2.36. The van der Waals surface area contributed by atoms with Gasteiger partial charge in [0, 0.05) is 4.47 Å². The first kappa shape index (κ1) is 17.8. The van der Waals surface area contributed by atoms with Gasteiger partial charge in [-0.25, -0.2) is 4.79 Å². The molecule has 0 aliphatic rings. The minimum atomic E-state index is -0.477. The molecule has 23 heavy (non-hydrogen) atoms. The molecular formula is C18H18BrClO3. The minimum absolute atomic E-state index is 0.359. The van der Waals surface area contributed by atoms with Crippen molar-refractivity contribution in [3.05, 3.63) is 57.0 Å². The van der Waals surface area contributed by atoms with Gasteiger partial charge in [-0.1, -0.05) is 43.1 Å². The number of halogens is 2. The number of carbonyl (C=O) groups is 1. The highest BCUT2D eigenvalue weighted by atomic mass is 79.9. The van der Waals surface area contributed by atoms with E-state index in [-0.39, 0.29) is 0 Å². The number of ether oxygens (including phenoxy) is 2. The van der Waals surface area contributed by atoms with Crippen molar-refractivity contribution < 1.29 is 14.3 Å². The summed E-state index contributed by atoms with van der Waals surface area (Å²) < 4.78 is 11.9. The lowest BCUT2D eigenvalue weighted by Crippen LogP contribution is -2.13. The number of hydrogen-bond donors (Lipinski definition) is 0. The van der Waals surface area contributed by atoms with Crippen LogP contribution in [0.25, 0.3) is 0 Å². The van der Waals surface area contributed by atoms with Crippen LogP contribution in [0.2, 0.25) is 5.02 Å². The van der Waals surface area contributed by atoms with Gasteiger partial charge >= 0.3 is 5.97 Å². The standard InChI is InChI=1S/C18H18BrClO3/c1-3-4-10-22-15-11-14(19)17(20)12(2)16(15)18(21)23-13-8-6-5-7-9-13/h5-9,11H,3-4,10H2,1-2H3. The molecule has 2 aromatic rings. The predicted molar refractivity (Wildman–Crippen MR) is 95.7 cm³/mol. The Morgan fingerprint density at radius 2 is 1.96 bits per heavy atom. The summed E-state index contributed by atoms with van der Waals surface area (Å²) in [7, 11) is 0. The van der Waals surface area contributed by atoms with Gasteiger partial charge in [-0.2, -0.15) is 0 Å². The van der Waals surface area contributed by atoms with Crippen molar-refractivity contribution in [3.63, 3.8) is 0 Å². The van der Waals surface area contributed by atoms with Crippen molar-refractivity contribution in [3.8, 4) is 11.5 Å². The Balaban J connectivity index is 2.34. The van der Waals surface area contributed by atoms with Crippen molar-refractivity contribution in [2.45, 2.75) is 26.7 Å². The molecule has 0 heterocycles. The second-order valence-electron chi connectivity index (χ2n) is 5.08. The first-order chi connectivity index (χ1) is 11.0. The zero-order valence-corrected chi connectivity index (χ0v) is 15.4. The van der Waals surface area contributed by atoms with Gasteiger partial charge in [-0.15, -0.1) is 0 Å². The number of benzene rings is 2. The lowest BCUT2D eigenvalue weighted by Gasteiger charge is -2.15. The Hall–Kier alpha value is -1.52. The lowest BCUT2D eigenvalue weighted by molar-refractivity contribution is 0.0729. The summed E-state index contributed by atoms with van der Waals surface area (Å²) in [6.45, 7) is 4.40. The smallest absolute Gasteiger partial charge is 0.347 e. The fourth-order valence-corrected chi connectivity index (χ4v) is 2.72. The van der Waals surface area contributed by atoms with E-state index >= 15 is 0 Å². The van der Waals surface area contributed by atoms with Gasteiger partial charge in [0.15, 0.2) is 0 Å². The third-order valence-electron chi connectivity index (χ3n) is 3.33. The fourth-order valence-electron chi connectivity index (χ4n) is 2.06. The minimum Gasteiger partial charge on any atom is -0.493 e. The van der Waals surface area contributed by atoms with E-state index in [1.807, 2.05) is 18.2 Å². The molecule has 122 valence electrons. The second kappa shape index (κ2) is 8.37. The Labute approximate surface area is 149 Å². The maximum absolute atomic E-state index is 12.6. The molecule has 0 radical (unpaired) electrons. The maximum Gasteiger partial charge on any atom is 0.347 e. The predicted octanol–water partition coefficient (Wildman–Crippen LogP) is 5.81. The average Bonchev–Trinajstić information content (AvgIpc) is 2.54. The summed E-state index contributed by atoms with van der Waals surface area (Å²) >= 11 is 9.64. The molecular weight excluding hydrogens is 380 g/mol. The van der Waals surface area contributed by atoms with Crippen LogP contribution in [0.1, 0.15) is 35.7 Å². The van der Waals surface area contributed by atoms with Crippen molar-refractivity contribution in [2.75, 3.05) is 6.61 Å². The van der Waals surface area contributed by atoms with Crippen molar-refractivity contribution in [2.24, 2.45) is 0 Å². The Morgan fingerprint density at radius 3 is 2.61 bits per heavy atom. The SMILES string of the molecule is CCCCOc1cc(Br)c(Cl)c(C)c1C(=O)Oc1ccccc1. The van der Waals surface area contributed by atoms with Gasteiger partial charge in [0.2, 0.25) is 0 Å². The summed E-state index contributed by atoms with van der Waals surface area (Å²) in [6, 6.07) is 10.6. The molecule has 2 rings (SSSR count). The zero-order valence-electron chi connectivity index (χ0n) is 13.1. The molecule has 0 bridgehead atoms. The van der Waals surface area contributed by atoms with Crippen molar-refractivity contribution in [1.29, 1.82) is 0 Å². The summed E-state index contributed by atoms with van der Waals surface area (Å²) in [4.78, 5) is 12.6. The zero-order chi connectivity index (χ0) is 16.8. The van der Waals surface area contributed by atoms with E-state index < -0.39 is 5.97 Å². The van der Waals surface area contributed by atoms with Crippen LogP contribution in [0.15, 0.2) is 40.9 Å². The topological polar surface area (TPSA) is 35.5 Å². The monoisotopic (exact) mass is 396 g/mol. The van der Waals surface area contributed by atoms with E-state index in [0.717, 1.165) is 12.8 Å². The normalized spacial score (nSPS) is 10.4. The molecule has 0 spiro atoms. The largest absolute Gasteiger partial charge is 0.493 e. The number of carbonyl (C=O) groups excluding carboxylic acids is 1. The molecule has 0 amide bonds.